The van der Waals surface area contributed by atoms with Crippen molar-refractivity contribution in [1.29, 1.82) is 0 Å². The Hall–Kier alpha value is -0.160. The number of nitrogens with one attached hydrogen (secondary N) is 1. The van der Waals surface area contributed by atoms with E-state index in [9.17, 15) is 0 Å². The molecule has 1 heterocycles. The molecule has 15 heavy (non-hydrogen) atoms. The van der Waals surface area contributed by atoms with Crippen molar-refractivity contribution in [2.75, 3.05) is 52.5 Å². The molecule has 4 heteroatoms. The highest BCUT2D eigenvalue weighted by molar-refractivity contribution is 4.68. The average molecular weight is 216 g/mol. The summed E-state index contributed by atoms with van der Waals surface area (Å²) in [5, 5.41) is 3.37. The zero-order valence-corrected chi connectivity index (χ0v) is 10.00. The maximum Gasteiger partial charge on any atom is 0.0674 e. The topological polar surface area (TPSA) is 33.7 Å². The molecule has 1 aliphatic heterocycles. The van der Waals surface area contributed by atoms with Gasteiger partial charge in [0.05, 0.1) is 19.3 Å². The Morgan fingerprint density at radius 1 is 1.47 bits per heavy atom. The second-order valence-corrected chi connectivity index (χ2v) is 3.93. The lowest BCUT2D eigenvalue weighted by molar-refractivity contribution is -0.0177. The van der Waals surface area contributed by atoms with Crippen molar-refractivity contribution in [3.8, 4) is 0 Å². The molecule has 0 aromatic carbocycles. The zero-order chi connectivity index (χ0) is 10.9. The van der Waals surface area contributed by atoms with Crippen molar-refractivity contribution in [1.82, 2.24) is 10.2 Å². The van der Waals surface area contributed by atoms with E-state index >= 15 is 0 Å². The first-order valence-electron chi connectivity index (χ1n) is 5.95. The van der Waals surface area contributed by atoms with Crippen LogP contribution in [0.2, 0.25) is 0 Å². The summed E-state index contributed by atoms with van der Waals surface area (Å²) in [4.78, 5) is 2.45. The number of nitrogens with zero attached hydrogens (tertiary/aromatic N) is 1. The van der Waals surface area contributed by atoms with Gasteiger partial charge in [-0.1, -0.05) is 0 Å². The van der Waals surface area contributed by atoms with Crippen LogP contribution in [-0.2, 0) is 9.47 Å². The quantitative estimate of drug-likeness (QED) is 0.622. The monoisotopic (exact) mass is 216 g/mol. The van der Waals surface area contributed by atoms with Gasteiger partial charge in [0.1, 0.15) is 0 Å². The van der Waals surface area contributed by atoms with E-state index in [0.717, 1.165) is 52.5 Å². The number of morpholine rings is 1. The molecule has 0 radical (unpaired) electrons. The Labute approximate surface area is 92.9 Å². The highest BCUT2D eigenvalue weighted by atomic mass is 16.5. The summed E-state index contributed by atoms with van der Waals surface area (Å²) in [6.07, 6.45) is 0.391. The van der Waals surface area contributed by atoms with Gasteiger partial charge in [-0.15, -0.1) is 0 Å². The first kappa shape index (κ1) is 12.9. The fraction of sp³-hybridized carbons (Fsp3) is 1.00. The Morgan fingerprint density at radius 3 is 3.07 bits per heavy atom. The first-order valence-corrected chi connectivity index (χ1v) is 5.95. The number of ether oxygens (including phenoxy) is 2. The molecular weight excluding hydrogens is 192 g/mol. The van der Waals surface area contributed by atoms with Crippen LogP contribution in [-0.4, -0.2) is 63.5 Å². The maximum absolute atomic E-state index is 5.49. The standard InChI is InChI=1S/C11H24N2O2/c1-3-14-8-5-12-4-6-13-7-9-15-11(2)10-13/h11-12H,3-10H2,1-2H3. The molecule has 1 fully saturated rings. The van der Waals surface area contributed by atoms with Gasteiger partial charge < -0.3 is 14.8 Å². The van der Waals surface area contributed by atoms with E-state index in [1.807, 2.05) is 6.92 Å². The van der Waals surface area contributed by atoms with Gasteiger partial charge in [0.25, 0.3) is 0 Å². The molecule has 0 spiro atoms. The minimum Gasteiger partial charge on any atom is -0.380 e. The van der Waals surface area contributed by atoms with Crippen molar-refractivity contribution < 1.29 is 9.47 Å². The van der Waals surface area contributed by atoms with Crippen LogP contribution in [0, 0.1) is 0 Å². The third-order valence-electron chi connectivity index (χ3n) is 2.56. The average Bonchev–Trinajstić information content (AvgIpc) is 2.23. The zero-order valence-electron chi connectivity index (χ0n) is 10.00. The molecular formula is C11H24N2O2. The van der Waals surface area contributed by atoms with E-state index < -0.39 is 0 Å². The van der Waals surface area contributed by atoms with Crippen molar-refractivity contribution in [3.63, 3.8) is 0 Å². The van der Waals surface area contributed by atoms with Crippen molar-refractivity contribution in [2.45, 2.75) is 20.0 Å². The number of rotatable bonds is 7. The Kier molecular flexibility index (Phi) is 6.92. The normalized spacial score (nSPS) is 23.2. The van der Waals surface area contributed by atoms with Crippen LogP contribution in [0.3, 0.4) is 0 Å². The molecule has 1 saturated heterocycles. The summed E-state index contributed by atoms with van der Waals surface area (Å²) in [6.45, 7) is 11.9. The van der Waals surface area contributed by atoms with Crippen LogP contribution in [0.25, 0.3) is 0 Å². The summed E-state index contributed by atoms with van der Waals surface area (Å²) in [5.74, 6) is 0. The van der Waals surface area contributed by atoms with Crippen LogP contribution in [0.15, 0.2) is 0 Å². The second kappa shape index (κ2) is 8.05. The van der Waals surface area contributed by atoms with E-state index in [1.54, 1.807) is 0 Å². The number of hydrogen-bond acceptors (Lipinski definition) is 4. The van der Waals surface area contributed by atoms with Crippen LogP contribution >= 0.6 is 0 Å². The summed E-state index contributed by atoms with van der Waals surface area (Å²) in [6, 6.07) is 0. The van der Waals surface area contributed by atoms with Crippen molar-refractivity contribution in [2.24, 2.45) is 0 Å². The van der Waals surface area contributed by atoms with Gasteiger partial charge in [-0.25, -0.2) is 0 Å². The van der Waals surface area contributed by atoms with Crippen molar-refractivity contribution in [3.05, 3.63) is 0 Å². The summed E-state index contributed by atoms with van der Waals surface area (Å²) in [5.41, 5.74) is 0. The van der Waals surface area contributed by atoms with Crippen LogP contribution in [0.1, 0.15) is 13.8 Å². The lowest BCUT2D eigenvalue weighted by Crippen LogP contribution is -2.44. The second-order valence-electron chi connectivity index (χ2n) is 3.93. The van der Waals surface area contributed by atoms with Crippen LogP contribution in [0.5, 0.6) is 0 Å². The minimum absolute atomic E-state index is 0.391. The van der Waals surface area contributed by atoms with E-state index in [4.69, 9.17) is 9.47 Å². The fourth-order valence-electron chi connectivity index (χ4n) is 1.74. The minimum atomic E-state index is 0.391. The highest BCUT2D eigenvalue weighted by Crippen LogP contribution is 2.02. The molecule has 1 N–H and O–H groups in total. The molecule has 90 valence electrons. The molecule has 1 rings (SSSR count). The molecule has 0 aromatic heterocycles. The summed E-state index contributed by atoms with van der Waals surface area (Å²) < 4.78 is 10.7. The van der Waals surface area contributed by atoms with E-state index in [0.29, 0.717) is 6.10 Å². The van der Waals surface area contributed by atoms with Gasteiger partial charge in [0, 0.05) is 39.3 Å². The molecule has 0 aromatic rings. The third kappa shape index (κ3) is 6.10. The lowest BCUT2D eigenvalue weighted by atomic mass is 10.3. The van der Waals surface area contributed by atoms with E-state index in [-0.39, 0.29) is 0 Å². The molecule has 1 aliphatic rings. The van der Waals surface area contributed by atoms with E-state index in [2.05, 4.69) is 17.1 Å². The predicted molar refractivity (Wildman–Crippen MR) is 61.2 cm³/mol. The SMILES string of the molecule is CCOCCNCCN1CCOC(C)C1. The maximum atomic E-state index is 5.49. The van der Waals surface area contributed by atoms with Gasteiger partial charge in [0.15, 0.2) is 0 Å². The fourth-order valence-corrected chi connectivity index (χ4v) is 1.74. The Balaban J connectivity index is 1.90. The molecule has 4 nitrogen and oxygen atoms in total. The van der Waals surface area contributed by atoms with Gasteiger partial charge in [-0.2, -0.15) is 0 Å². The molecule has 0 aliphatic carbocycles. The predicted octanol–water partition coefficient (Wildman–Crippen LogP) is 0.333. The molecule has 1 unspecified atom stereocenters. The Morgan fingerprint density at radius 2 is 2.33 bits per heavy atom. The highest BCUT2D eigenvalue weighted by Gasteiger charge is 2.15. The van der Waals surface area contributed by atoms with Gasteiger partial charge >= 0.3 is 0 Å². The lowest BCUT2D eigenvalue weighted by Gasteiger charge is -2.31. The third-order valence-corrected chi connectivity index (χ3v) is 2.56. The smallest absolute Gasteiger partial charge is 0.0674 e. The molecule has 1 atom stereocenters. The van der Waals surface area contributed by atoms with Gasteiger partial charge in [0.2, 0.25) is 0 Å². The largest absolute Gasteiger partial charge is 0.380 e. The van der Waals surface area contributed by atoms with E-state index in [1.165, 1.54) is 0 Å². The van der Waals surface area contributed by atoms with Gasteiger partial charge in [-0.05, 0) is 13.8 Å². The van der Waals surface area contributed by atoms with Crippen molar-refractivity contribution >= 4 is 0 Å². The molecule has 0 amide bonds. The summed E-state index contributed by atoms with van der Waals surface area (Å²) in [7, 11) is 0. The number of hydrogen-bond donors (Lipinski definition) is 1. The Bertz CT molecular complexity index is 156. The summed E-state index contributed by atoms with van der Waals surface area (Å²) >= 11 is 0. The molecule has 0 saturated carbocycles. The van der Waals surface area contributed by atoms with Gasteiger partial charge in [-0.3, -0.25) is 4.90 Å². The first-order chi connectivity index (χ1) is 7.33. The molecule has 0 bridgehead atoms. The van der Waals surface area contributed by atoms with Crippen LogP contribution in [0.4, 0.5) is 0 Å². The van der Waals surface area contributed by atoms with Crippen LogP contribution < -0.4 is 5.32 Å².